The molecule has 1 aliphatic carbocycles. The lowest BCUT2D eigenvalue weighted by Crippen LogP contribution is -2.34. The van der Waals surface area contributed by atoms with E-state index in [1.807, 2.05) is 6.92 Å². The van der Waals surface area contributed by atoms with Gasteiger partial charge in [-0.15, -0.1) is 6.58 Å². The van der Waals surface area contributed by atoms with Gasteiger partial charge in [0.2, 0.25) is 0 Å². The van der Waals surface area contributed by atoms with Crippen LogP contribution in [-0.4, -0.2) is 31.1 Å². The quantitative estimate of drug-likeness (QED) is 0.568. The van der Waals surface area contributed by atoms with Gasteiger partial charge in [-0.1, -0.05) is 12.5 Å². The second kappa shape index (κ2) is 6.53. The van der Waals surface area contributed by atoms with Crippen molar-refractivity contribution in [2.75, 3.05) is 13.2 Å². The average molecular weight is 268 g/mol. The third kappa shape index (κ3) is 3.57. The van der Waals surface area contributed by atoms with Gasteiger partial charge in [-0.3, -0.25) is 4.79 Å². The van der Waals surface area contributed by atoms with Crippen LogP contribution in [0, 0.1) is 5.92 Å². The first kappa shape index (κ1) is 14.5. The summed E-state index contributed by atoms with van der Waals surface area (Å²) in [6.45, 7) is 6.58. The molecule has 0 amide bonds. The minimum absolute atomic E-state index is 0.0275. The Balaban J connectivity index is 1.90. The number of rotatable bonds is 5. The van der Waals surface area contributed by atoms with Crippen LogP contribution >= 0.6 is 0 Å². The average Bonchev–Trinajstić information content (AvgIpc) is 2.81. The highest BCUT2D eigenvalue weighted by molar-refractivity contribution is 5.70. The molecule has 0 N–H and O–H groups in total. The Morgan fingerprint density at radius 1 is 1.47 bits per heavy atom. The van der Waals surface area contributed by atoms with Crippen LogP contribution in [0.2, 0.25) is 0 Å². The van der Waals surface area contributed by atoms with E-state index >= 15 is 0 Å². The second-order valence-electron chi connectivity index (χ2n) is 5.35. The standard InChI is InChI=1S/C15H24O4/c1-3-12(10-14(16)17-4-2)13-11-18-15(19-13)8-6-5-7-9-15/h3,12-13H,1,4-11H2,2H3/t12-,13+/m0/s1. The summed E-state index contributed by atoms with van der Waals surface area (Å²) in [5.74, 6) is -0.611. The van der Waals surface area contributed by atoms with Crippen molar-refractivity contribution in [3.63, 3.8) is 0 Å². The number of hydrogen-bond acceptors (Lipinski definition) is 4. The van der Waals surface area contributed by atoms with Gasteiger partial charge < -0.3 is 14.2 Å². The molecule has 0 unspecified atom stereocenters. The molecule has 1 saturated carbocycles. The Labute approximate surface area is 115 Å². The Morgan fingerprint density at radius 2 is 2.21 bits per heavy atom. The van der Waals surface area contributed by atoms with Gasteiger partial charge in [0, 0.05) is 18.8 Å². The molecule has 4 heteroatoms. The van der Waals surface area contributed by atoms with Gasteiger partial charge in [0.1, 0.15) is 0 Å². The molecular formula is C15H24O4. The summed E-state index contributed by atoms with van der Waals surface area (Å²) >= 11 is 0. The van der Waals surface area contributed by atoms with Gasteiger partial charge in [0.05, 0.1) is 25.7 Å². The van der Waals surface area contributed by atoms with Crippen molar-refractivity contribution in [3.8, 4) is 0 Å². The smallest absolute Gasteiger partial charge is 0.306 e. The van der Waals surface area contributed by atoms with Crippen molar-refractivity contribution in [2.24, 2.45) is 5.92 Å². The maximum atomic E-state index is 11.6. The summed E-state index contributed by atoms with van der Waals surface area (Å²) in [6, 6.07) is 0. The monoisotopic (exact) mass is 268 g/mol. The molecule has 19 heavy (non-hydrogen) atoms. The summed E-state index contributed by atoms with van der Waals surface area (Å²) in [4.78, 5) is 11.6. The summed E-state index contributed by atoms with van der Waals surface area (Å²) in [5.41, 5.74) is 0. The van der Waals surface area contributed by atoms with E-state index in [2.05, 4.69) is 6.58 Å². The van der Waals surface area contributed by atoms with Crippen LogP contribution in [-0.2, 0) is 19.0 Å². The summed E-state index contributed by atoms with van der Waals surface area (Å²) in [7, 11) is 0. The van der Waals surface area contributed by atoms with Crippen molar-refractivity contribution in [1.29, 1.82) is 0 Å². The topological polar surface area (TPSA) is 44.8 Å². The lowest BCUT2D eigenvalue weighted by Gasteiger charge is -2.32. The molecule has 108 valence electrons. The number of carbonyl (C=O) groups is 1. The van der Waals surface area contributed by atoms with Crippen LogP contribution in [0.1, 0.15) is 45.4 Å². The normalized spacial score (nSPS) is 27.1. The van der Waals surface area contributed by atoms with Crippen LogP contribution in [0.25, 0.3) is 0 Å². The van der Waals surface area contributed by atoms with Crippen LogP contribution in [0.4, 0.5) is 0 Å². The van der Waals surface area contributed by atoms with Crippen LogP contribution < -0.4 is 0 Å². The third-order valence-corrected chi connectivity index (χ3v) is 3.98. The molecule has 1 spiro atoms. The molecule has 2 atom stereocenters. The predicted molar refractivity (Wildman–Crippen MR) is 71.6 cm³/mol. The molecule has 0 bridgehead atoms. The van der Waals surface area contributed by atoms with Crippen LogP contribution in [0.5, 0.6) is 0 Å². The summed E-state index contributed by atoms with van der Waals surface area (Å²) < 4.78 is 17.0. The number of carbonyl (C=O) groups excluding carboxylic acids is 1. The predicted octanol–water partition coefficient (Wildman–Crippen LogP) is 2.82. The summed E-state index contributed by atoms with van der Waals surface area (Å²) in [5, 5.41) is 0. The largest absolute Gasteiger partial charge is 0.466 e. The molecule has 2 fully saturated rings. The molecule has 2 aliphatic rings. The van der Waals surface area contributed by atoms with Crippen molar-refractivity contribution < 1.29 is 19.0 Å². The minimum Gasteiger partial charge on any atom is -0.466 e. The first-order valence-electron chi connectivity index (χ1n) is 7.29. The number of hydrogen-bond donors (Lipinski definition) is 0. The van der Waals surface area contributed by atoms with E-state index < -0.39 is 5.79 Å². The zero-order valence-electron chi connectivity index (χ0n) is 11.7. The molecule has 0 aromatic rings. The molecule has 0 aromatic carbocycles. The van der Waals surface area contributed by atoms with E-state index in [4.69, 9.17) is 14.2 Å². The molecule has 2 rings (SSSR count). The van der Waals surface area contributed by atoms with Crippen LogP contribution in [0.3, 0.4) is 0 Å². The van der Waals surface area contributed by atoms with Crippen molar-refractivity contribution >= 4 is 5.97 Å². The first-order valence-corrected chi connectivity index (χ1v) is 7.29. The van der Waals surface area contributed by atoms with Gasteiger partial charge in [0.25, 0.3) is 0 Å². The Bertz CT molecular complexity index is 320. The SMILES string of the molecule is C=C[C@@H](CC(=O)OCC)[C@H]1COC2(CCCCC2)O1. The van der Waals surface area contributed by atoms with E-state index in [9.17, 15) is 4.79 Å². The fourth-order valence-electron chi connectivity index (χ4n) is 2.92. The van der Waals surface area contributed by atoms with Gasteiger partial charge >= 0.3 is 5.97 Å². The van der Waals surface area contributed by atoms with E-state index in [-0.39, 0.29) is 18.0 Å². The summed E-state index contributed by atoms with van der Waals surface area (Å²) in [6.07, 6.45) is 7.54. The van der Waals surface area contributed by atoms with Crippen molar-refractivity contribution in [3.05, 3.63) is 12.7 Å². The Hall–Kier alpha value is -0.870. The fraction of sp³-hybridized carbons (Fsp3) is 0.800. The first-order chi connectivity index (χ1) is 9.19. The van der Waals surface area contributed by atoms with E-state index in [0.29, 0.717) is 19.6 Å². The highest BCUT2D eigenvalue weighted by atomic mass is 16.7. The highest BCUT2D eigenvalue weighted by Gasteiger charge is 2.44. The maximum absolute atomic E-state index is 11.6. The van der Waals surface area contributed by atoms with E-state index in [1.165, 1.54) is 6.42 Å². The fourth-order valence-corrected chi connectivity index (χ4v) is 2.92. The van der Waals surface area contributed by atoms with Gasteiger partial charge in [-0.2, -0.15) is 0 Å². The minimum atomic E-state index is -0.390. The molecule has 1 heterocycles. The zero-order chi connectivity index (χ0) is 13.7. The van der Waals surface area contributed by atoms with Crippen molar-refractivity contribution in [2.45, 2.75) is 57.3 Å². The van der Waals surface area contributed by atoms with Gasteiger partial charge in [-0.05, 0) is 19.8 Å². The molecule has 1 saturated heterocycles. The van der Waals surface area contributed by atoms with Gasteiger partial charge in [-0.25, -0.2) is 0 Å². The Kier molecular flexibility index (Phi) is 4.99. The molecule has 1 aliphatic heterocycles. The lowest BCUT2D eigenvalue weighted by atomic mass is 9.94. The highest BCUT2D eigenvalue weighted by Crippen LogP contribution is 2.40. The molecule has 0 aromatic heterocycles. The maximum Gasteiger partial charge on any atom is 0.306 e. The van der Waals surface area contributed by atoms with Crippen LogP contribution in [0.15, 0.2) is 12.7 Å². The second-order valence-corrected chi connectivity index (χ2v) is 5.35. The Morgan fingerprint density at radius 3 is 2.84 bits per heavy atom. The molecule has 0 radical (unpaired) electrons. The molecule has 4 nitrogen and oxygen atoms in total. The molecular weight excluding hydrogens is 244 g/mol. The number of esters is 1. The number of ether oxygens (including phenoxy) is 3. The van der Waals surface area contributed by atoms with E-state index in [0.717, 1.165) is 25.7 Å². The van der Waals surface area contributed by atoms with Crippen molar-refractivity contribution in [1.82, 2.24) is 0 Å². The zero-order valence-corrected chi connectivity index (χ0v) is 11.7. The van der Waals surface area contributed by atoms with E-state index in [1.54, 1.807) is 6.08 Å². The van der Waals surface area contributed by atoms with Gasteiger partial charge in [0.15, 0.2) is 5.79 Å². The lowest BCUT2D eigenvalue weighted by molar-refractivity contribution is -0.191. The third-order valence-electron chi connectivity index (χ3n) is 3.98.